The van der Waals surface area contributed by atoms with Gasteiger partial charge in [-0.15, -0.1) is 11.6 Å². The van der Waals surface area contributed by atoms with Gasteiger partial charge in [-0.1, -0.05) is 13.0 Å². The van der Waals surface area contributed by atoms with Gasteiger partial charge in [-0.2, -0.15) is 11.8 Å². The maximum Gasteiger partial charge on any atom is 0.146 e. The molecular formula is C13H17ClFNS. The number of rotatable bonds is 2. The Morgan fingerprint density at radius 3 is 2.88 bits per heavy atom. The molecule has 1 saturated heterocycles. The summed E-state index contributed by atoms with van der Waals surface area (Å²) in [5, 5.41) is 0.538. The highest BCUT2D eigenvalue weighted by atomic mass is 35.5. The largest absolute Gasteiger partial charge is 0.365 e. The molecule has 0 aliphatic carbocycles. The molecule has 0 spiro atoms. The van der Waals surface area contributed by atoms with Crippen molar-refractivity contribution in [2.24, 2.45) is 0 Å². The van der Waals surface area contributed by atoms with Crippen LogP contribution in [0.4, 0.5) is 10.1 Å². The smallest absolute Gasteiger partial charge is 0.146 e. The first-order chi connectivity index (χ1) is 8.13. The predicted molar refractivity (Wildman–Crippen MR) is 74.7 cm³/mol. The fraction of sp³-hybridized carbons (Fsp3) is 0.538. The van der Waals surface area contributed by atoms with E-state index < -0.39 is 0 Å². The quantitative estimate of drug-likeness (QED) is 0.752. The van der Waals surface area contributed by atoms with Crippen LogP contribution < -0.4 is 4.90 Å². The highest BCUT2D eigenvalue weighted by Crippen LogP contribution is 2.31. The molecule has 1 heterocycles. The van der Waals surface area contributed by atoms with E-state index in [-0.39, 0.29) is 5.82 Å². The van der Waals surface area contributed by atoms with Crippen molar-refractivity contribution in [2.45, 2.75) is 31.0 Å². The molecule has 17 heavy (non-hydrogen) atoms. The molecule has 2 atom stereocenters. The van der Waals surface area contributed by atoms with E-state index in [0.29, 0.717) is 22.9 Å². The maximum atomic E-state index is 14.0. The second-order valence-corrected chi connectivity index (χ2v) is 6.18. The zero-order chi connectivity index (χ0) is 12.4. The van der Waals surface area contributed by atoms with Gasteiger partial charge in [-0.05, 0) is 24.6 Å². The lowest BCUT2D eigenvalue weighted by atomic mass is 10.1. The van der Waals surface area contributed by atoms with Crippen LogP contribution in [0, 0.1) is 5.82 Å². The number of anilines is 1. The molecule has 0 bridgehead atoms. The molecule has 2 rings (SSSR count). The highest BCUT2D eigenvalue weighted by Gasteiger charge is 2.26. The second-order valence-electron chi connectivity index (χ2n) is 4.43. The van der Waals surface area contributed by atoms with E-state index in [1.807, 2.05) is 23.9 Å². The molecule has 0 amide bonds. The van der Waals surface area contributed by atoms with Gasteiger partial charge in [-0.25, -0.2) is 4.39 Å². The predicted octanol–water partition coefficient (Wildman–Crippen LogP) is 3.89. The van der Waals surface area contributed by atoms with Gasteiger partial charge in [0, 0.05) is 29.5 Å². The molecule has 0 saturated carbocycles. The number of alkyl halides is 1. The molecule has 0 N–H and O–H groups in total. The minimum absolute atomic E-state index is 0.158. The lowest BCUT2D eigenvalue weighted by molar-refractivity contribution is 0.581. The Hall–Kier alpha value is -0.410. The van der Waals surface area contributed by atoms with Crippen LogP contribution in [0.25, 0.3) is 0 Å². The third-order valence-corrected chi connectivity index (χ3v) is 5.01. The van der Waals surface area contributed by atoms with E-state index in [4.69, 9.17) is 11.6 Å². The third-order valence-electron chi connectivity index (χ3n) is 3.36. The summed E-state index contributed by atoms with van der Waals surface area (Å²) in [6, 6.07) is 5.67. The van der Waals surface area contributed by atoms with Crippen LogP contribution in [0.1, 0.15) is 19.4 Å². The van der Waals surface area contributed by atoms with Crippen molar-refractivity contribution in [3.63, 3.8) is 0 Å². The van der Waals surface area contributed by atoms with Crippen LogP contribution in [0.3, 0.4) is 0 Å². The minimum atomic E-state index is -0.158. The lowest BCUT2D eigenvalue weighted by Crippen LogP contribution is -2.45. The van der Waals surface area contributed by atoms with Crippen LogP contribution in [-0.4, -0.2) is 23.6 Å². The van der Waals surface area contributed by atoms with E-state index in [2.05, 4.69) is 18.7 Å². The number of thioether (sulfide) groups is 1. The maximum absolute atomic E-state index is 14.0. The SMILES string of the molecule is CC1SCCN(c2ccc(CCl)cc2F)C1C. The zero-order valence-electron chi connectivity index (χ0n) is 10.1. The Labute approximate surface area is 111 Å². The number of halogens is 2. The van der Waals surface area contributed by atoms with Gasteiger partial charge in [0.25, 0.3) is 0 Å². The first-order valence-electron chi connectivity index (χ1n) is 5.86. The third kappa shape index (κ3) is 2.71. The molecule has 1 nitrogen and oxygen atoms in total. The fourth-order valence-electron chi connectivity index (χ4n) is 2.14. The van der Waals surface area contributed by atoms with E-state index in [9.17, 15) is 4.39 Å². The molecular weight excluding hydrogens is 257 g/mol. The van der Waals surface area contributed by atoms with E-state index in [1.54, 1.807) is 6.07 Å². The lowest BCUT2D eigenvalue weighted by Gasteiger charge is -2.39. The summed E-state index contributed by atoms with van der Waals surface area (Å²) in [6.45, 7) is 5.27. The molecule has 0 radical (unpaired) electrons. The molecule has 1 aliphatic heterocycles. The van der Waals surface area contributed by atoms with Crippen LogP contribution >= 0.6 is 23.4 Å². The number of hydrogen-bond acceptors (Lipinski definition) is 2. The Kier molecular flexibility index (Phi) is 4.21. The van der Waals surface area contributed by atoms with Crippen molar-refractivity contribution in [3.8, 4) is 0 Å². The second kappa shape index (κ2) is 5.49. The molecule has 94 valence electrons. The van der Waals surface area contributed by atoms with Crippen molar-refractivity contribution >= 4 is 29.1 Å². The van der Waals surface area contributed by atoms with Gasteiger partial charge < -0.3 is 4.90 Å². The van der Waals surface area contributed by atoms with Crippen LogP contribution in [0.5, 0.6) is 0 Å². The first-order valence-corrected chi connectivity index (χ1v) is 7.44. The Morgan fingerprint density at radius 1 is 1.47 bits per heavy atom. The number of benzene rings is 1. The summed E-state index contributed by atoms with van der Waals surface area (Å²) in [4.78, 5) is 2.16. The Bertz CT molecular complexity index is 399. The number of hydrogen-bond donors (Lipinski definition) is 0. The monoisotopic (exact) mass is 273 g/mol. The summed E-state index contributed by atoms with van der Waals surface area (Å²) in [6.07, 6.45) is 0. The zero-order valence-corrected chi connectivity index (χ0v) is 11.7. The number of nitrogens with zero attached hydrogens (tertiary/aromatic N) is 1. The van der Waals surface area contributed by atoms with E-state index in [0.717, 1.165) is 17.9 Å². The van der Waals surface area contributed by atoms with Crippen molar-refractivity contribution < 1.29 is 4.39 Å². The van der Waals surface area contributed by atoms with Crippen molar-refractivity contribution in [2.75, 3.05) is 17.2 Å². The van der Waals surface area contributed by atoms with E-state index in [1.165, 1.54) is 0 Å². The van der Waals surface area contributed by atoms with Crippen LogP contribution in [0.15, 0.2) is 18.2 Å². The van der Waals surface area contributed by atoms with Gasteiger partial charge >= 0.3 is 0 Å². The van der Waals surface area contributed by atoms with Crippen molar-refractivity contribution in [3.05, 3.63) is 29.6 Å². The van der Waals surface area contributed by atoms with Gasteiger partial charge in [0.2, 0.25) is 0 Å². The van der Waals surface area contributed by atoms with Gasteiger partial charge in [-0.3, -0.25) is 0 Å². The van der Waals surface area contributed by atoms with Crippen molar-refractivity contribution in [1.29, 1.82) is 0 Å². The summed E-state index contributed by atoms with van der Waals surface area (Å²) >= 11 is 7.66. The molecule has 1 fully saturated rings. The molecule has 4 heteroatoms. The van der Waals surface area contributed by atoms with E-state index >= 15 is 0 Å². The first kappa shape index (κ1) is 13.0. The molecule has 1 aliphatic rings. The fourth-order valence-corrected chi connectivity index (χ4v) is 3.41. The summed E-state index contributed by atoms with van der Waals surface area (Å²) in [5.41, 5.74) is 1.54. The topological polar surface area (TPSA) is 3.24 Å². The molecule has 0 aromatic heterocycles. The highest BCUT2D eigenvalue weighted by molar-refractivity contribution is 8.00. The molecule has 1 aromatic carbocycles. The minimum Gasteiger partial charge on any atom is -0.365 e. The summed E-state index contributed by atoms with van der Waals surface area (Å²) in [5.74, 6) is 1.26. The normalized spacial score (nSPS) is 25.1. The van der Waals surface area contributed by atoms with Crippen LogP contribution in [-0.2, 0) is 5.88 Å². The standard InChI is InChI=1S/C13H17ClFNS/c1-9-10(2)17-6-5-16(9)13-4-3-11(8-14)7-12(13)15/h3-4,7,9-10H,5-6,8H2,1-2H3. The van der Waals surface area contributed by atoms with Gasteiger partial charge in [0.15, 0.2) is 0 Å². The average Bonchev–Trinajstić information content (AvgIpc) is 2.33. The van der Waals surface area contributed by atoms with Gasteiger partial charge in [0.05, 0.1) is 5.69 Å². The molecule has 1 aromatic rings. The Morgan fingerprint density at radius 2 is 2.24 bits per heavy atom. The van der Waals surface area contributed by atoms with Crippen LogP contribution in [0.2, 0.25) is 0 Å². The summed E-state index contributed by atoms with van der Waals surface area (Å²) < 4.78 is 14.0. The van der Waals surface area contributed by atoms with Gasteiger partial charge in [0.1, 0.15) is 5.82 Å². The Balaban J connectivity index is 2.27. The van der Waals surface area contributed by atoms with Crippen molar-refractivity contribution in [1.82, 2.24) is 0 Å². The molecule has 2 unspecified atom stereocenters. The average molecular weight is 274 g/mol. The summed E-state index contributed by atoms with van der Waals surface area (Å²) in [7, 11) is 0.